The molecule has 1 unspecified atom stereocenters. The van der Waals surface area contributed by atoms with E-state index in [1.807, 2.05) is 16.9 Å². The van der Waals surface area contributed by atoms with Crippen LogP contribution in [0.25, 0.3) is 11.0 Å². The van der Waals surface area contributed by atoms with Crippen molar-refractivity contribution in [3.8, 4) is 0 Å². The molecule has 0 amide bonds. The predicted molar refractivity (Wildman–Crippen MR) is 59.4 cm³/mol. The average molecular weight is 202 g/mol. The first-order valence-corrected chi connectivity index (χ1v) is 5.35. The van der Waals surface area contributed by atoms with Gasteiger partial charge in [0.1, 0.15) is 0 Å². The molecule has 2 aromatic rings. The molecule has 4 heteroatoms. The van der Waals surface area contributed by atoms with E-state index in [9.17, 15) is 0 Å². The van der Waals surface area contributed by atoms with Gasteiger partial charge in [0.2, 0.25) is 0 Å². The quantitative estimate of drug-likeness (QED) is 0.810. The van der Waals surface area contributed by atoms with E-state index in [1.54, 1.807) is 6.20 Å². The van der Waals surface area contributed by atoms with Crippen LogP contribution >= 0.6 is 0 Å². The maximum absolute atomic E-state index is 5.87. The maximum atomic E-state index is 5.87. The molecule has 1 saturated carbocycles. The number of nitrogen functional groups attached to an aromatic ring is 1. The Balaban J connectivity index is 2.15. The Labute approximate surface area is 88.1 Å². The number of nitrogens with zero attached hydrogens (tertiary/aromatic N) is 3. The summed E-state index contributed by atoms with van der Waals surface area (Å²) in [6.45, 7) is 2.20. The van der Waals surface area contributed by atoms with Crippen molar-refractivity contribution in [1.82, 2.24) is 14.8 Å². The van der Waals surface area contributed by atoms with Gasteiger partial charge in [-0.25, -0.2) is 9.67 Å². The molecule has 0 aliphatic heterocycles. The Morgan fingerprint density at radius 2 is 2.33 bits per heavy atom. The molecule has 0 aromatic carbocycles. The van der Waals surface area contributed by atoms with Gasteiger partial charge in [-0.1, -0.05) is 0 Å². The van der Waals surface area contributed by atoms with Crippen LogP contribution in [0, 0.1) is 5.92 Å². The van der Waals surface area contributed by atoms with Crippen LogP contribution in [0.4, 0.5) is 5.69 Å². The highest BCUT2D eigenvalue weighted by molar-refractivity contribution is 5.87. The molecule has 3 rings (SSSR count). The van der Waals surface area contributed by atoms with Crippen molar-refractivity contribution < 1.29 is 0 Å². The molecule has 1 atom stereocenters. The van der Waals surface area contributed by atoms with Crippen molar-refractivity contribution >= 4 is 16.7 Å². The van der Waals surface area contributed by atoms with Crippen molar-refractivity contribution in [2.45, 2.75) is 25.8 Å². The molecular weight excluding hydrogens is 188 g/mol. The topological polar surface area (TPSA) is 56.7 Å². The molecule has 2 N–H and O–H groups in total. The van der Waals surface area contributed by atoms with Crippen LogP contribution in [0.1, 0.15) is 25.8 Å². The molecule has 1 aliphatic rings. The first-order chi connectivity index (χ1) is 7.27. The van der Waals surface area contributed by atoms with E-state index in [2.05, 4.69) is 17.0 Å². The van der Waals surface area contributed by atoms with Gasteiger partial charge in [-0.2, -0.15) is 5.10 Å². The molecule has 0 radical (unpaired) electrons. The Morgan fingerprint density at radius 1 is 1.53 bits per heavy atom. The van der Waals surface area contributed by atoms with Gasteiger partial charge in [0.15, 0.2) is 5.65 Å². The first-order valence-electron chi connectivity index (χ1n) is 5.35. The molecule has 4 nitrogen and oxygen atoms in total. The van der Waals surface area contributed by atoms with E-state index >= 15 is 0 Å². The molecule has 15 heavy (non-hydrogen) atoms. The van der Waals surface area contributed by atoms with Crippen LogP contribution in [0.2, 0.25) is 0 Å². The minimum absolute atomic E-state index is 0.441. The number of hydrogen-bond acceptors (Lipinski definition) is 3. The molecule has 1 fully saturated rings. The zero-order chi connectivity index (χ0) is 10.4. The molecule has 78 valence electrons. The predicted octanol–water partition coefficient (Wildman–Crippen LogP) is 1.98. The summed E-state index contributed by atoms with van der Waals surface area (Å²) in [6.07, 6.45) is 6.18. The number of fused-ring (bicyclic) bond motifs is 1. The highest BCUT2D eigenvalue weighted by Crippen LogP contribution is 2.40. The van der Waals surface area contributed by atoms with Gasteiger partial charge in [0.25, 0.3) is 0 Å². The standard InChI is InChI=1S/C11H14N4/c1-7(8-2-3-8)15-11-9(6-14-15)10(12)4-5-13-11/h4-8H,2-3H2,1H3,(H2,12,13). The van der Waals surface area contributed by atoms with Crippen molar-refractivity contribution in [2.24, 2.45) is 5.92 Å². The third kappa shape index (κ3) is 1.28. The largest absolute Gasteiger partial charge is 0.398 e. The zero-order valence-corrected chi connectivity index (χ0v) is 8.72. The molecular formula is C11H14N4. The lowest BCUT2D eigenvalue weighted by Crippen LogP contribution is -2.09. The highest BCUT2D eigenvalue weighted by atomic mass is 15.3. The molecule has 2 aromatic heterocycles. The lowest BCUT2D eigenvalue weighted by molar-refractivity contribution is 0.451. The molecule has 0 spiro atoms. The van der Waals surface area contributed by atoms with Gasteiger partial charge >= 0.3 is 0 Å². The summed E-state index contributed by atoms with van der Waals surface area (Å²) in [6, 6.07) is 2.26. The van der Waals surface area contributed by atoms with Crippen LogP contribution in [-0.4, -0.2) is 14.8 Å². The van der Waals surface area contributed by atoms with Crippen LogP contribution in [-0.2, 0) is 0 Å². The van der Waals surface area contributed by atoms with Crippen LogP contribution < -0.4 is 5.73 Å². The smallest absolute Gasteiger partial charge is 0.160 e. The Morgan fingerprint density at radius 3 is 3.07 bits per heavy atom. The minimum atomic E-state index is 0.441. The number of hydrogen-bond donors (Lipinski definition) is 1. The minimum Gasteiger partial charge on any atom is -0.398 e. The van der Waals surface area contributed by atoms with Crippen LogP contribution in [0.15, 0.2) is 18.5 Å². The molecule has 0 bridgehead atoms. The SMILES string of the molecule is CC(C1CC1)n1ncc2c(N)ccnc21. The highest BCUT2D eigenvalue weighted by Gasteiger charge is 2.30. The van der Waals surface area contributed by atoms with Gasteiger partial charge in [-0.05, 0) is 31.7 Å². The molecule has 0 saturated heterocycles. The number of aromatic nitrogens is 3. The summed E-state index contributed by atoms with van der Waals surface area (Å²) in [7, 11) is 0. The second-order valence-corrected chi connectivity index (χ2v) is 4.30. The lowest BCUT2D eigenvalue weighted by atomic mass is 10.2. The Bertz CT molecular complexity index is 498. The average Bonchev–Trinajstić information content (AvgIpc) is 2.98. The molecule has 1 aliphatic carbocycles. The second-order valence-electron chi connectivity index (χ2n) is 4.30. The van der Waals surface area contributed by atoms with E-state index in [-0.39, 0.29) is 0 Å². The van der Waals surface area contributed by atoms with Crippen LogP contribution in [0.5, 0.6) is 0 Å². The fraction of sp³-hybridized carbons (Fsp3) is 0.455. The fourth-order valence-electron chi connectivity index (χ4n) is 2.04. The molecule has 2 heterocycles. The summed E-state index contributed by atoms with van der Waals surface area (Å²) < 4.78 is 2.00. The van der Waals surface area contributed by atoms with Crippen molar-refractivity contribution in [3.63, 3.8) is 0 Å². The van der Waals surface area contributed by atoms with Crippen molar-refractivity contribution in [1.29, 1.82) is 0 Å². The van der Waals surface area contributed by atoms with E-state index < -0.39 is 0 Å². The Kier molecular flexibility index (Phi) is 1.71. The van der Waals surface area contributed by atoms with Gasteiger partial charge < -0.3 is 5.73 Å². The summed E-state index contributed by atoms with van der Waals surface area (Å²) in [5, 5.41) is 5.35. The first kappa shape index (κ1) is 8.71. The van der Waals surface area contributed by atoms with E-state index in [4.69, 9.17) is 5.73 Å². The van der Waals surface area contributed by atoms with Crippen LogP contribution in [0.3, 0.4) is 0 Å². The van der Waals surface area contributed by atoms with E-state index in [1.165, 1.54) is 12.8 Å². The normalized spacial score (nSPS) is 18.2. The van der Waals surface area contributed by atoms with Gasteiger partial charge in [0.05, 0.1) is 17.6 Å². The van der Waals surface area contributed by atoms with E-state index in [0.717, 1.165) is 22.6 Å². The van der Waals surface area contributed by atoms with Gasteiger partial charge in [0, 0.05) is 11.9 Å². The third-order valence-electron chi connectivity index (χ3n) is 3.22. The summed E-state index contributed by atoms with van der Waals surface area (Å²) >= 11 is 0. The summed E-state index contributed by atoms with van der Waals surface area (Å²) in [5.41, 5.74) is 7.54. The second kappa shape index (κ2) is 2.95. The number of anilines is 1. The van der Waals surface area contributed by atoms with Crippen molar-refractivity contribution in [3.05, 3.63) is 18.5 Å². The van der Waals surface area contributed by atoms with Gasteiger partial charge in [-0.3, -0.25) is 0 Å². The van der Waals surface area contributed by atoms with Gasteiger partial charge in [-0.15, -0.1) is 0 Å². The zero-order valence-electron chi connectivity index (χ0n) is 8.72. The number of pyridine rings is 1. The van der Waals surface area contributed by atoms with Crippen molar-refractivity contribution in [2.75, 3.05) is 5.73 Å². The van der Waals surface area contributed by atoms with E-state index in [0.29, 0.717) is 6.04 Å². The Hall–Kier alpha value is -1.58. The number of rotatable bonds is 2. The lowest BCUT2D eigenvalue weighted by Gasteiger charge is -2.11. The maximum Gasteiger partial charge on any atom is 0.160 e. The third-order valence-corrected chi connectivity index (χ3v) is 3.22. The number of nitrogens with two attached hydrogens (primary N) is 1. The summed E-state index contributed by atoms with van der Waals surface area (Å²) in [4.78, 5) is 4.35. The fourth-order valence-corrected chi connectivity index (χ4v) is 2.04. The monoisotopic (exact) mass is 202 g/mol. The summed E-state index contributed by atoms with van der Waals surface area (Å²) in [5.74, 6) is 0.774.